The number of carbonyl (C=O) groups excluding carboxylic acids is 1. The highest BCUT2D eigenvalue weighted by atomic mass is 32.2. The maximum atomic E-state index is 13.5. The van der Waals surface area contributed by atoms with Crippen LogP contribution in [0.25, 0.3) is 16.7 Å². The van der Waals surface area contributed by atoms with Crippen LogP contribution in [-0.4, -0.2) is 81.2 Å². The molecule has 1 aromatic carbocycles. The quantitative estimate of drug-likeness (QED) is 0.569. The van der Waals surface area contributed by atoms with Crippen molar-refractivity contribution in [1.82, 2.24) is 19.5 Å². The molecule has 40 heavy (non-hydrogen) atoms. The van der Waals surface area contributed by atoms with E-state index in [1.807, 2.05) is 17.2 Å². The Bertz CT molecular complexity index is 1460. The zero-order valence-electron chi connectivity index (χ0n) is 22.9. The molecular weight excluding hydrogens is 528 g/mol. The van der Waals surface area contributed by atoms with E-state index >= 15 is 0 Å². The predicted molar refractivity (Wildman–Crippen MR) is 153 cm³/mol. The van der Waals surface area contributed by atoms with Gasteiger partial charge in [0.25, 0.3) is 0 Å². The van der Waals surface area contributed by atoms with Gasteiger partial charge in [-0.3, -0.25) is 4.98 Å². The van der Waals surface area contributed by atoms with Gasteiger partial charge in [0.2, 0.25) is 10.0 Å². The van der Waals surface area contributed by atoms with E-state index in [0.717, 1.165) is 53.6 Å². The summed E-state index contributed by atoms with van der Waals surface area (Å²) in [5.41, 5.74) is 6.09. The van der Waals surface area contributed by atoms with Crippen LogP contribution in [0.3, 0.4) is 0 Å². The number of amides is 2. The van der Waals surface area contributed by atoms with E-state index in [1.165, 1.54) is 29.8 Å². The third-order valence-electron chi connectivity index (χ3n) is 8.37. The normalized spacial score (nSPS) is 20.2. The number of sulfonamides is 1. The van der Waals surface area contributed by atoms with E-state index in [4.69, 9.17) is 14.5 Å². The van der Waals surface area contributed by atoms with Crippen LogP contribution in [0.15, 0.2) is 53.1 Å². The van der Waals surface area contributed by atoms with Crippen molar-refractivity contribution in [2.75, 3.05) is 46.5 Å². The fourth-order valence-electron chi connectivity index (χ4n) is 6.08. The number of urea groups is 1. The van der Waals surface area contributed by atoms with Gasteiger partial charge in [0.1, 0.15) is 10.6 Å². The number of allylic oxidation sites excluding steroid dienone is 2. The van der Waals surface area contributed by atoms with Gasteiger partial charge < -0.3 is 19.7 Å². The van der Waals surface area contributed by atoms with Crippen LogP contribution >= 0.6 is 0 Å². The average molecular weight is 565 g/mol. The van der Waals surface area contributed by atoms with Crippen molar-refractivity contribution in [3.05, 3.63) is 59.4 Å². The molecule has 0 radical (unpaired) electrons. The summed E-state index contributed by atoms with van der Waals surface area (Å²) in [6, 6.07) is 7.73. The van der Waals surface area contributed by atoms with E-state index in [0.29, 0.717) is 51.2 Å². The molecule has 212 valence electrons. The lowest BCUT2D eigenvalue weighted by Gasteiger charge is -2.28. The number of ether oxygens (including phenoxy) is 2. The molecular formula is C30H36N4O5S. The van der Waals surface area contributed by atoms with Gasteiger partial charge >= 0.3 is 6.03 Å². The molecule has 0 bridgehead atoms. The van der Waals surface area contributed by atoms with Crippen LogP contribution in [0.5, 0.6) is 5.75 Å². The number of rotatable bonds is 6. The summed E-state index contributed by atoms with van der Waals surface area (Å²) in [4.78, 5) is 19.5. The number of benzene rings is 1. The summed E-state index contributed by atoms with van der Waals surface area (Å²) in [5.74, 6) is 0.318. The molecule has 3 heterocycles. The van der Waals surface area contributed by atoms with Gasteiger partial charge in [-0.25, -0.2) is 13.2 Å². The highest BCUT2D eigenvalue weighted by molar-refractivity contribution is 7.89. The van der Waals surface area contributed by atoms with Gasteiger partial charge in [-0.15, -0.1) is 0 Å². The minimum atomic E-state index is -3.74. The third kappa shape index (κ3) is 5.27. The smallest absolute Gasteiger partial charge is 0.317 e. The molecule has 2 aliphatic carbocycles. The monoisotopic (exact) mass is 564 g/mol. The van der Waals surface area contributed by atoms with Crippen molar-refractivity contribution >= 4 is 21.6 Å². The Kier molecular flexibility index (Phi) is 7.65. The maximum Gasteiger partial charge on any atom is 0.317 e. The molecule has 0 spiro atoms. The van der Waals surface area contributed by atoms with E-state index in [9.17, 15) is 13.2 Å². The van der Waals surface area contributed by atoms with Gasteiger partial charge in [0.05, 0.1) is 26.0 Å². The molecule has 10 heteroatoms. The first kappa shape index (κ1) is 27.0. The molecule has 1 N–H and O–H groups in total. The van der Waals surface area contributed by atoms with Gasteiger partial charge in [-0.1, -0.05) is 31.1 Å². The minimum absolute atomic E-state index is 0.0364. The molecule has 0 unspecified atom stereocenters. The topological polar surface area (TPSA) is 101 Å². The molecule has 2 aromatic rings. The SMILES string of the molecule is COc1ccc(-c2cnc3c(c2)C(C2=CCN(C(=O)NC4CCCC4)CC2)=CC3)cc1S(=O)(=O)N1CCOCC1. The lowest BCUT2D eigenvalue weighted by atomic mass is 9.94. The molecule has 2 fully saturated rings. The molecule has 1 aromatic heterocycles. The second kappa shape index (κ2) is 11.3. The van der Waals surface area contributed by atoms with Gasteiger partial charge in [-0.05, 0) is 54.2 Å². The number of hydrogen-bond acceptors (Lipinski definition) is 6. The first-order chi connectivity index (χ1) is 19.4. The van der Waals surface area contributed by atoms with Crippen molar-refractivity contribution in [2.45, 2.75) is 49.5 Å². The number of nitrogens with one attached hydrogen (secondary N) is 1. The second-order valence-corrected chi connectivity index (χ2v) is 12.7. The predicted octanol–water partition coefficient (Wildman–Crippen LogP) is 4.00. The standard InChI is InChI=1S/C30H36N4O5S/c1-38-28-9-6-22(19-29(28)40(36,37)34-14-16-39-17-15-34)23-18-26-25(7-8-27(26)31-20-23)21-10-12-33(13-11-21)30(35)32-24-4-2-3-5-24/h6-7,9-10,18-20,24H,2-5,8,11-17H2,1H3,(H,32,35). The second-order valence-electron chi connectivity index (χ2n) is 10.8. The van der Waals surface area contributed by atoms with E-state index in [1.54, 1.807) is 12.1 Å². The Morgan fingerprint density at radius 1 is 1.07 bits per heavy atom. The number of carbonyl (C=O) groups is 1. The number of nitrogens with zero attached hydrogens (tertiary/aromatic N) is 3. The lowest BCUT2D eigenvalue weighted by Crippen LogP contribution is -2.45. The third-order valence-corrected chi connectivity index (χ3v) is 10.3. The minimum Gasteiger partial charge on any atom is -0.495 e. The molecule has 0 atom stereocenters. The van der Waals surface area contributed by atoms with E-state index in [2.05, 4.69) is 23.5 Å². The molecule has 4 aliphatic rings. The van der Waals surface area contributed by atoms with Crippen molar-refractivity contribution in [3.8, 4) is 16.9 Å². The molecule has 2 aliphatic heterocycles. The largest absolute Gasteiger partial charge is 0.495 e. The fourth-order valence-corrected chi connectivity index (χ4v) is 7.67. The van der Waals surface area contributed by atoms with Gasteiger partial charge in [0.15, 0.2) is 0 Å². The van der Waals surface area contributed by atoms with E-state index < -0.39 is 10.0 Å². The molecule has 2 amide bonds. The first-order valence-corrected chi connectivity index (χ1v) is 15.6. The van der Waals surface area contributed by atoms with Crippen molar-refractivity contribution in [1.29, 1.82) is 0 Å². The fraction of sp³-hybridized carbons (Fsp3) is 0.467. The molecule has 1 saturated heterocycles. The zero-order valence-corrected chi connectivity index (χ0v) is 23.7. The maximum absolute atomic E-state index is 13.5. The number of aromatic nitrogens is 1. The van der Waals surface area contributed by atoms with Crippen LogP contribution in [0, 0.1) is 0 Å². The van der Waals surface area contributed by atoms with Gasteiger partial charge in [-0.2, -0.15) is 4.31 Å². The summed E-state index contributed by atoms with van der Waals surface area (Å²) in [6.45, 7) is 2.67. The summed E-state index contributed by atoms with van der Waals surface area (Å²) >= 11 is 0. The van der Waals surface area contributed by atoms with Crippen LogP contribution in [-0.2, 0) is 21.2 Å². The Morgan fingerprint density at radius 3 is 2.60 bits per heavy atom. The Morgan fingerprint density at radius 2 is 1.88 bits per heavy atom. The molecule has 6 rings (SSSR count). The number of hydrogen-bond donors (Lipinski definition) is 1. The number of methoxy groups -OCH3 is 1. The van der Waals surface area contributed by atoms with Crippen LogP contribution in [0.1, 0.15) is 43.4 Å². The highest BCUT2D eigenvalue weighted by Crippen LogP contribution is 2.38. The number of fused-ring (bicyclic) bond motifs is 1. The van der Waals surface area contributed by atoms with Crippen molar-refractivity contribution < 1.29 is 22.7 Å². The lowest BCUT2D eigenvalue weighted by molar-refractivity contribution is 0.0729. The van der Waals surface area contributed by atoms with E-state index in [-0.39, 0.29) is 10.9 Å². The molecule has 9 nitrogen and oxygen atoms in total. The number of pyridine rings is 1. The Hall–Kier alpha value is -3.21. The van der Waals surface area contributed by atoms with Gasteiger partial charge in [0, 0.05) is 56.0 Å². The summed E-state index contributed by atoms with van der Waals surface area (Å²) < 4.78 is 39.2. The highest BCUT2D eigenvalue weighted by Gasteiger charge is 2.30. The first-order valence-electron chi connectivity index (χ1n) is 14.1. The van der Waals surface area contributed by atoms with Crippen LogP contribution in [0.2, 0.25) is 0 Å². The summed E-state index contributed by atoms with van der Waals surface area (Å²) in [5, 5.41) is 3.19. The van der Waals surface area contributed by atoms with Crippen molar-refractivity contribution in [2.24, 2.45) is 0 Å². The summed E-state index contributed by atoms with van der Waals surface area (Å²) in [7, 11) is -2.26. The Balaban J connectivity index is 1.23. The van der Waals surface area contributed by atoms with Crippen LogP contribution < -0.4 is 10.1 Å². The average Bonchev–Trinajstić information content (AvgIpc) is 3.67. The molecule has 1 saturated carbocycles. The summed E-state index contributed by atoms with van der Waals surface area (Å²) in [6.07, 6.45) is 12.3. The van der Waals surface area contributed by atoms with Crippen molar-refractivity contribution in [3.63, 3.8) is 0 Å². The number of morpholine rings is 1. The zero-order chi connectivity index (χ0) is 27.7. The Labute approximate surface area is 235 Å². The van der Waals surface area contributed by atoms with Crippen LogP contribution in [0.4, 0.5) is 4.79 Å².